The first kappa shape index (κ1) is 13.6. The van der Waals surface area contributed by atoms with Gasteiger partial charge in [-0.2, -0.15) is 5.26 Å². The lowest BCUT2D eigenvalue weighted by Crippen LogP contribution is -2.02. The van der Waals surface area contributed by atoms with Crippen molar-refractivity contribution in [1.29, 1.82) is 5.26 Å². The SMILES string of the molecule is COc1ccc(/C=C(\C#N)C(=O)c2ccoc2C)cc1. The second-order valence-corrected chi connectivity index (χ2v) is 4.16. The highest BCUT2D eigenvalue weighted by atomic mass is 16.5. The number of nitriles is 1. The second kappa shape index (κ2) is 5.89. The third-order valence-electron chi connectivity index (χ3n) is 2.90. The van der Waals surface area contributed by atoms with Crippen molar-refractivity contribution in [2.75, 3.05) is 7.11 Å². The molecule has 0 spiro atoms. The van der Waals surface area contributed by atoms with Gasteiger partial charge in [-0.1, -0.05) is 12.1 Å². The van der Waals surface area contributed by atoms with Gasteiger partial charge in [0, 0.05) is 0 Å². The van der Waals surface area contributed by atoms with Crippen LogP contribution in [0.25, 0.3) is 6.08 Å². The fourth-order valence-electron chi connectivity index (χ4n) is 1.78. The van der Waals surface area contributed by atoms with Crippen LogP contribution < -0.4 is 4.74 Å². The number of benzene rings is 1. The van der Waals surface area contributed by atoms with Crippen LogP contribution in [0, 0.1) is 18.3 Å². The predicted molar refractivity (Wildman–Crippen MR) is 74.4 cm³/mol. The van der Waals surface area contributed by atoms with Crippen LogP contribution in [0.3, 0.4) is 0 Å². The summed E-state index contributed by atoms with van der Waals surface area (Å²) >= 11 is 0. The van der Waals surface area contributed by atoms with Gasteiger partial charge in [-0.05, 0) is 36.8 Å². The highest BCUT2D eigenvalue weighted by Crippen LogP contribution is 2.18. The van der Waals surface area contributed by atoms with E-state index in [2.05, 4.69) is 0 Å². The summed E-state index contributed by atoms with van der Waals surface area (Å²) < 4.78 is 10.1. The summed E-state index contributed by atoms with van der Waals surface area (Å²) in [5.74, 6) is 0.887. The third kappa shape index (κ3) is 2.78. The monoisotopic (exact) mass is 267 g/mol. The lowest BCUT2D eigenvalue weighted by molar-refractivity contribution is 0.103. The van der Waals surface area contributed by atoms with Gasteiger partial charge in [0.05, 0.1) is 18.9 Å². The molecule has 0 fully saturated rings. The van der Waals surface area contributed by atoms with Crippen LogP contribution in [0.1, 0.15) is 21.7 Å². The fourth-order valence-corrected chi connectivity index (χ4v) is 1.78. The molecule has 0 N–H and O–H groups in total. The summed E-state index contributed by atoms with van der Waals surface area (Å²) in [4.78, 5) is 12.2. The Hall–Kier alpha value is -2.80. The molecule has 0 bridgehead atoms. The van der Waals surface area contributed by atoms with E-state index in [1.807, 2.05) is 6.07 Å². The first-order valence-corrected chi connectivity index (χ1v) is 6.00. The molecule has 0 saturated heterocycles. The summed E-state index contributed by atoms with van der Waals surface area (Å²) in [7, 11) is 1.58. The Kier molecular flexibility index (Phi) is 4.02. The Morgan fingerprint density at radius 2 is 2.00 bits per heavy atom. The number of furan rings is 1. The van der Waals surface area contributed by atoms with Crippen LogP contribution in [0.15, 0.2) is 46.6 Å². The molecule has 20 heavy (non-hydrogen) atoms. The summed E-state index contributed by atoms with van der Waals surface area (Å²) in [6.45, 7) is 1.69. The molecule has 0 amide bonds. The van der Waals surface area contributed by atoms with Gasteiger partial charge in [0.15, 0.2) is 0 Å². The van der Waals surface area contributed by atoms with E-state index in [0.29, 0.717) is 11.3 Å². The number of Topliss-reactive ketones (excluding diaryl/α,β-unsaturated/α-hetero) is 1. The number of hydrogen-bond acceptors (Lipinski definition) is 4. The highest BCUT2D eigenvalue weighted by molar-refractivity contribution is 6.14. The van der Waals surface area contributed by atoms with Crippen LogP contribution >= 0.6 is 0 Å². The van der Waals surface area contributed by atoms with Crippen molar-refractivity contribution in [1.82, 2.24) is 0 Å². The number of methoxy groups -OCH3 is 1. The average molecular weight is 267 g/mol. The molecule has 1 aromatic carbocycles. The number of carbonyl (C=O) groups excluding carboxylic acids is 1. The maximum atomic E-state index is 12.2. The topological polar surface area (TPSA) is 63.2 Å². The summed E-state index contributed by atoms with van der Waals surface area (Å²) in [6.07, 6.45) is 2.99. The lowest BCUT2D eigenvalue weighted by Gasteiger charge is -2.01. The Labute approximate surface area is 116 Å². The van der Waals surface area contributed by atoms with Crippen LogP contribution in [0.5, 0.6) is 5.75 Å². The Morgan fingerprint density at radius 1 is 1.30 bits per heavy atom. The third-order valence-corrected chi connectivity index (χ3v) is 2.90. The lowest BCUT2D eigenvalue weighted by atomic mass is 10.0. The van der Waals surface area contributed by atoms with E-state index >= 15 is 0 Å². The summed E-state index contributed by atoms with van der Waals surface area (Å²) in [6, 6.07) is 10.6. The smallest absolute Gasteiger partial charge is 0.207 e. The number of carbonyl (C=O) groups is 1. The summed E-state index contributed by atoms with van der Waals surface area (Å²) in [5.41, 5.74) is 1.24. The van der Waals surface area contributed by atoms with Crippen molar-refractivity contribution in [3.63, 3.8) is 0 Å². The van der Waals surface area contributed by atoms with E-state index < -0.39 is 0 Å². The molecule has 100 valence electrons. The Morgan fingerprint density at radius 3 is 2.50 bits per heavy atom. The van der Waals surface area contributed by atoms with Crippen LogP contribution in [0.4, 0.5) is 0 Å². The minimum absolute atomic E-state index is 0.0691. The summed E-state index contributed by atoms with van der Waals surface area (Å²) in [5, 5.41) is 9.15. The molecule has 0 aliphatic rings. The van der Waals surface area contributed by atoms with Crippen molar-refractivity contribution in [3.8, 4) is 11.8 Å². The van der Waals surface area contributed by atoms with Gasteiger partial charge in [0.2, 0.25) is 5.78 Å². The maximum Gasteiger partial charge on any atom is 0.207 e. The number of rotatable bonds is 4. The minimum atomic E-state index is -0.338. The van der Waals surface area contributed by atoms with Crippen LogP contribution in [0.2, 0.25) is 0 Å². The Bertz CT molecular complexity index is 687. The molecule has 0 unspecified atom stereocenters. The normalized spacial score (nSPS) is 10.9. The average Bonchev–Trinajstić information content (AvgIpc) is 2.91. The zero-order valence-corrected chi connectivity index (χ0v) is 11.2. The number of aryl methyl sites for hydroxylation is 1. The molecule has 0 aliphatic heterocycles. The van der Waals surface area contributed by atoms with Gasteiger partial charge < -0.3 is 9.15 Å². The fraction of sp³-hybridized carbons (Fsp3) is 0.125. The van der Waals surface area contributed by atoms with Crippen LogP contribution in [-0.2, 0) is 0 Å². The molecule has 0 aliphatic carbocycles. The molecule has 0 radical (unpaired) electrons. The van der Waals surface area contributed by atoms with Crippen molar-refractivity contribution in [2.24, 2.45) is 0 Å². The van der Waals surface area contributed by atoms with E-state index in [-0.39, 0.29) is 11.4 Å². The number of allylic oxidation sites excluding steroid dienone is 1. The maximum absolute atomic E-state index is 12.2. The van der Waals surface area contributed by atoms with Gasteiger partial charge in [-0.15, -0.1) is 0 Å². The van der Waals surface area contributed by atoms with E-state index in [4.69, 9.17) is 14.4 Å². The van der Waals surface area contributed by atoms with Gasteiger partial charge >= 0.3 is 0 Å². The van der Waals surface area contributed by atoms with Gasteiger partial charge in [0.25, 0.3) is 0 Å². The van der Waals surface area contributed by atoms with Crippen molar-refractivity contribution >= 4 is 11.9 Å². The number of ether oxygens (including phenoxy) is 1. The number of hydrogen-bond donors (Lipinski definition) is 0. The quantitative estimate of drug-likeness (QED) is 0.484. The molecular formula is C16H13NO3. The van der Waals surface area contributed by atoms with Gasteiger partial charge in [-0.3, -0.25) is 4.79 Å². The van der Waals surface area contributed by atoms with E-state index in [1.165, 1.54) is 6.26 Å². The Balaban J connectivity index is 2.32. The molecule has 4 nitrogen and oxygen atoms in total. The minimum Gasteiger partial charge on any atom is -0.497 e. The van der Waals surface area contributed by atoms with E-state index in [1.54, 1.807) is 50.4 Å². The van der Waals surface area contributed by atoms with Gasteiger partial charge in [0.1, 0.15) is 23.2 Å². The van der Waals surface area contributed by atoms with Crippen LogP contribution in [-0.4, -0.2) is 12.9 Å². The molecule has 1 aromatic heterocycles. The molecular weight excluding hydrogens is 254 g/mol. The number of nitrogens with zero attached hydrogens (tertiary/aromatic N) is 1. The molecule has 1 heterocycles. The highest BCUT2D eigenvalue weighted by Gasteiger charge is 2.16. The first-order chi connectivity index (χ1) is 9.65. The zero-order chi connectivity index (χ0) is 14.5. The standard InChI is InChI=1S/C16H13NO3/c1-11-15(7-8-20-11)16(18)13(10-17)9-12-3-5-14(19-2)6-4-12/h3-9H,1-2H3/b13-9+. The van der Waals surface area contributed by atoms with Gasteiger partial charge in [-0.25, -0.2) is 0 Å². The molecule has 2 rings (SSSR count). The second-order valence-electron chi connectivity index (χ2n) is 4.16. The van der Waals surface area contributed by atoms with Crippen molar-refractivity contribution < 1.29 is 13.9 Å². The van der Waals surface area contributed by atoms with E-state index in [9.17, 15) is 4.79 Å². The van der Waals surface area contributed by atoms with Crippen molar-refractivity contribution in [2.45, 2.75) is 6.92 Å². The van der Waals surface area contributed by atoms with E-state index in [0.717, 1.165) is 11.3 Å². The number of ketones is 1. The largest absolute Gasteiger partial charge is 0.497 e. The zero-order valence-electron chi connectivity index (χ0n) is 11.2. The molecule has 0 saturated carbocycles. The first-order valence-electron chi connectivity index (χ1n) is 6.00. The molecule has 4 heteroatoms. The van der Waals surface area contributed by atoms with Crippen molar-refractivity contribution in [3.05, 3.63) is 59.1 Å². The molecule has 2 aromatic rings. The molecule has 0 atom stereocenters. The predicted octanol–water partition coefficient (Wildman–Crippen LogP) is 3.39.